The number of aryl methyl sites for hydroxylation is 1. The van der Waals surface area contributed by atoms with Crippen molar-refractivity contribution in [3.05, 3.63) is 63.6 Å². The molecule has 3 aromatic rings. The SMILES string of the molecule is Cn1nc(-c2ccc3c(c2)C[C@H]2CC[C@@H](C3)[C@]23CN(CC(F)(F)F)SN3)cc1-c1ccc(Cl)c(Cl)c1. The summed E-state index contributed by atoms with van der Waals surface area (Å²) in [6, 6.07) is 14.1. The zero-order valence-electron chi connectivity index (χ0n) is 19.6. The fourth-order valence-electron chi connectivity index (χ4n) is 6.28. The Labute approximate surface area is 222 Å². The molecule has 1 N–H and O–H groups in total. The van der Waals surface area contributed by atoms with Gasteiger partial charge in [-0.3, -0.25) is 4.68 Å². The van der Waals surface area contributed by atoms with Crippen LogP contribution in [0, 0.1) is 11.8 Å². The van der Waals surface area contributed by atoms with Gasteiger partial charge in [0.05, 0.1) is 21.4 Å². The number of fused-ring (bicyclic) bond motifs is 1. The van der Waals surface area contributed by atoms with Crippen LogP contribution < -0.4 is 4.72 Å². The monoisotopic (exact) mass is 552 g/mol. The Kier molecular flexibility index (Phi) is 6.12. The van der Waals surface area contributed by atoms with E-state index in [1.54, 1.807) is 6.07 Å². The third kappa shape index (κ3) is 4.35. The summed E-state index contributed by atoms with van der Waals surface area (Å²) >= 11 is 13.5. The van der Waals surface area contributed by atoms with Crippen molar-refractivity contribution >= 4 is 35.3 Å². The highest BCUT2D eigenvalue weighted by Crippen LogP contribution is 2.52. The molecule has 2 fully saturated rings. The third-order valence-corrected chi connectivity index (χ3v) is 9.74. The first-order valence-corrected chi connectivity index (χ1v) is 13.5. The standard InChI is InChI=1S/C26H25Cl2F3N4S/c1-34-24(17-4-7-21(27)22(28)11-17)12-23(32-34)16-3-2-15-9-19-5-6-20(10-18(15)8-16)25(19)13-35(36-33-25)14-26(29,30)31/h2-4,7-8,11-12,19-20,33H,5-6,9-10,13-14H2,1H3/t19-,20+,25+/m0/s1. The van der Waals surface area contributed by atoms with Gasteiger partial charge in [0.1, 0.15) is 6.54 Å². The molecule has 1 spiro atoms. The molecule has 6 rings (SSSR count). The van der Waals surface area contributed by atoms with Crippen LogP contribution in [0.25, 0.3) is 22.5 Å². The third-order valence-electron chi connectivity index (χ3n) is 8.01. The van der Waals surface area contributed by atoms with E-state index in [1.165, 1.54) is 15.4 Å². The Bertz CT molecular complexity index is 1330. The van der Waals surface area contributed by atoms with Crippen LogP contribution in [0.4, 0.5) is 13.2 Å². The van der Waals surface area contributed by atoms with Gasteiger partial charge in [-0.2, -0.15) is 18.3 Å². The first-order chi connectivity index (χ1) is 17.1. The summed E-state index contributed by atoms with van der Waals surface area (Å²) in [6.45, 7) is -0.454. The molecule has 1 aliphatic heterocycles. The molecule has 2 bridgehead atoms. The van der Waals surface area contributed by atoms with E-state index in [9.17, 15) is 13.2 Å². The van der Waals surface area contributed by atoms with Crippen molar-refractivity contribution in [1.82, 2.24) is 18.8 Å². The lowest BCUT2D eigenvalue weighted by molar-refractivity contribution is -0.135. The number of nitrogens with zero attached hydrogens (tertiary/aromatic N) is 3. The molecule has 2 aromatic carbocycles. The average molecular weight is 553 g/mol. The second-order valence-corrected chi connectivity index (χ2v) is 11.9. The molecule has 0 amide bonds. The van der Waals surface area contributed by atoms with Gasteiger partial charge in [-0.05, 0) is 72.9 Å². The minimum atomic E-state index is -4.19. The van der Waals surface area contributed by atoms with Gasteiger partial charge >= 0.3 is 6.18 Å². The maximum absolute atomic E-state index is 13.0. The van der Waals surface area contributed by atoms with Gasteiger partial charge in [-0.1, -0.05) is 41.4 Å². The quantitative estimate of drug-likeness (QED) is 0.356. The number of rotatable bonds is 3. The Morgan fingerprint density at radius 2 is 1.72 bits per heavy atom. The van der Waals surface area contributed by atoms with E-state index in [1.807, 2.05) is 23.9 Å². The molecule has 3 aliphatic rings. The van der Waals surface area contributed by atoms with Crippen LogP contribution >= 0.6 is 35.3 Å². The Morgan fingerprint density at radius 3 is 2.44 bits per heavy atom. The van der Waals surface area contributed by atoms with Crippen molar-refractivity contribution in [3.8, 4) is 22.5 Å². The molecule has 10 heteroatoms. The van der Waals surface area contributed by atoms with Crippen molar-refractivity contribution in [2.45, 2.75) is 37.4 Å². The van der Waals surface area contributed by atoms with Crippen molar-refractivity contribution in [3.63, 3.8) is 0 Å². The molecule has 1 aromatic heterocycles. The summed E-state index contributed by atoms with van der Waals surface area (Å²) in [6.07, 6.45) is -0.365. The number of nitrogens with one attached hydrogen (secondary N) is 1. The summed E-state index contributed by atoms with van der Waals surface area (Å²) in [7, 11) is 1.91. The lowest BCUT2D eigenvalue weighted by Gasteiger charge is -2.34. The largest absolute Gasteiger partial charge is 0.402 e. The van der Waals surface area contributed by atoms with Gasteiger partial charge in [0.15, 0.2) is 0 Å². The van der Waals surface area contributed by atoms with Crippen molar-refractivity contribution in [2.24, 2.45) is 18.9 Å². The van der Waals surface area contributed by atoms with E-state index >= 15 is 0 Å². The average Bonchev–Trinajstić information content (AvgIpc) is 3.45. The van der Waals surface area contributed by atoms with E-state index in [-0.39, 0.29) is 5.54 Å². The van der Waals surface area contributed by atoms with Crippen LogP contribution in [0.3, 0.4) is 0 Å². The minimum absolute atomic E-state index is 0.277. The first kappa shape index (κ1) is 24.6. The molecule has 0 unspecified atom stereocenters. The van der Waals surface area contributed by atoms with Crippen LogP contribution in [0.1, 0.15) is 24.0 Å². The Balaban J connectivity index is 1.28. The van der Waals surface area contributed by atoms with Gasteiger partial charge in [-0.15, -0.1) is 0 Å². The smallest absolute Gasteiger partial charge is 0.267 e. The highest BCUT2D eigenvalue weighted by molar-refractivity contribution is 7.95. The molecule has 4 nitrogen and oxygen atoms in total. The highest BCUT2D eigenvalue weighted by atomic mass is 35.5. The van der Waals surface area contributed by atoms with Gasteiger partial charge in [-0.25, -0.2) is 9.03 Å². The summed E-state index contributed by atoms with van der Waals surface area (Å²) < 4.78 is 45.9. The second kappa shape index (κ2) is 8.95. The molecular formula is C26H25Cl2F3N4S. The lowest BCUT2D eigenvalue weighted by Crippen LogP contribution is -2.51. The van der Waals surface area contributed by atoms with Crippen LogP contribution in [-0.4, -0.2) is 38.9 Å². The maximum Gasteiger partial charge on any atom is 0.402 e. The van der Waals surface area contributed by atoms with Crippen molar-refractivity contribution in [1.29, 1.82) is 0 Å². The number of aromatic nitrogens is 2. The van der Waals surface area contributed by atoms with Crippen molar-refractivity contribution < 1.29 is 13.2 Å². The van der Waals surface area contributed by atoms with E-state index in [0.717, 1.165) is 60.3 Å². The number of alkyl halides is 3. The van der Waals surface area contributed by atoms with E-state index in [0.29, 0.717) is 28.4 Å². The summed E-state index contributed by atoms with van der Waals surface area (Å²) in [4.78, 5) is 0. The molecule has 0 radical (unpaired) electrons. The van der Waals surface area contributed by atoms with Gasteiger partial charge in [0, 0.05) is 42.4 Å². The van der Waals surface area contributed by atoms with E-state index < -0.39 is 12.7 Å². The van der Waals surface area contributed by atoms with Crippen molar-refractivity contribution in [2.75, 3.05) is 13.1 Å². The van der Waals surface area contributed by atoms with Crippen LogP contribution in [-0.2, 0) is 19.9 Å². The van der Waals surface area contributed by atoms with Gasteiger partial charge in [0.25, 0.3) is 0 Å². The first-order valence-electron chi connectivity index (χ1n) is 12.0. The molecule has 2 heterocycles. The van der Waals surface area contributed by atoms with E-state index in [4.69, 9.17) is 28.3 Å². The summed E-state index contributed by atoms with van der Waals surface area (Å²) in [5, 5.41) is 5.77. The van der Waals surface area contributed by atoms with Gasteiger partial charge in [0.2, 0.25) is 0 Å². The molecular weight excluding hydrogens is 528 g/mol. The molecule has 190 valence electrons. The lowest BCUT2D eigenvalue weighted by atomic mass is 9.79. The molecule has 2 aliphatic carbocycles. The fourth-order valence-corrected chi connectivity index (χ4v) is 7.76. The normalized spacial score (nSPS) is 25.9. The van der Waals surface area contributed by atoms with Crippen LogP contribution in [0.15, 0.2) is 42.5 Å². The second-order valence-electron chi connectivity index (χ2n) is 10.2. The van der Waals surface area contributed by atoms with Crippen LogP contribution in [0.2, 0.25) is 10.0 Å². The summed E-state index contributed by atoms with van der Waals surface area (Å²) in [5.74, 6) is 0.636. The summed E-state index contributed by atoms with van der Waals surface area (Å²) in [5.41, 5.74) is 6.09. The zero-order valence-corrected chi connectivity index (χ0v) is 21.9. The minimum Gasteiger partial charge on any atom is -0.267 e. The predicted molar refractivity (Wildman–Crippen MR) is 139 cm³/mol. The highest BCUT2D eigenvalue weighted by Gasteiger charge is 2.56. The number of benzene rings is 2. The van der Waals surface area contributed by atoms with Gasteiger partial charge < -0.3 is 0 Å². The molecule has 1 saturated heterocycles. The Morgan fingerprint density at radius 1 is 1.00 bits per heavy atom. The number of hydrogen-bond donors (Lipinski definition) is 1. The molecule has 3 atom stereocenters. The number of halogens is 5. The Hall–Kier alpha value is -1.71. The van der Waals surface area contributed by atoms with E-state index in [2.05, 4.69) is 29.0 Å². The number of hydrogen-bond acceptors (Lipinski definition) is 4. The molecule has 1 saturated carbocycles. The van der Waals surface area contributed by atoms with Crippen LogP contribution in [0.5, 0.6) is 0 Å². The predicted octanol–water partition coefficient (Wildman–Crippen LogP) is 6.96. The molecule has 36 heavy (non-hydrogen) atoms. The fraction of sp³-hybridized carbons (Fsp3) is 0.423. The topological polar surface area (TPSA) is 33.1 Å². The zero-order chi connectivity index (χ0) is 25.2. The maximum atomic E-state index is 13.0.